The van der Waals surface area contributed by atoms with Crippen LogP contribution in [0.2, 0.25) is 0 Å². The third kappa shape index (κ3) is 3.77. The fourth-order valence-electron chi connectivity index (χ4n) is 2.36. The quantitative estimate of drug-likeness (QED) is 0.669. The molecule has 2 aromatic heterocycles. The number of fused-ring (bicyclic) bond motifs is 1. The molecule has 0 saturated carbocycles. The zero-order valence-electron chi connectivity index (χ0n) is 13.0. The Bertz CT molecular complexity index is 879. The molecule has 128 valence electrons. The molecular weight excluding hydrogens is 360 g/mol. The molecule has 25 heavy (non-hydrogen) atoms. The molecule has 1 amide bonds. The zero-order valence-corrected chi connectivity index (χ0v) is 14.7. The Morgan fingerprint density at radius 3 is 3.08 bits per heavy atom. The normalized spacial score (nSPS) is 12.3. The van der Waals surface area contributed by atoms with Gasteiger partial charge in [-0.05, 0) is 17.7 Å². The predicted molar refractivity (Wildman–Crippen MR) is 95.4 cm³/mol. The molecule has 1 aliphatic rings. The number of thioether (sulfide) groups is 1. The molecule has 0 atom stereocenters. The number of amides is 1. The largest absolute Gasteiger partial charge is 0.454 e. The van der Waals surface area contributed by atoms with Gasteiger partial charge in [-0.25, -0.2) is 9.97 Å². The summed E-state index contributed by atoms with van der Waals surface area (Å²) in [5.41, 5.74) is 1.08. The first-order valence-electron chi connectivity index (χ1n) is 7.50. The Hall–Kier alpha value is -2.52. The number of nitrogens with one attached hydrogen (secondary N) is 1. The summed E-state index contributed by atoms with van der Waals surface area (Å²) in [4.78, 5) is 20.3. The minimum Gasteiger partial charge on any atom is -0.454 e. The molecule has 0 aliphatic carbocycles. The van der Waals surface area contributed by atoms with Crippen LogP contribution in [0.25, 0.3) is 0 Å². The zero-order chi connectivity index (χ0) is 17.1. The van der Waals surface area contributed by atoms with Crippen molar-refractivity contribution in [3.63, 3.8) is 0 Å². The van der Waals surface area contributed by atoms with Crippen LogP contribution in [0.3, 0.4) is 0 Å². The van der Waals surface area contributed by atoms with Gasteiger partial charge >= 0.3 is 0 Å². The lowest BCUT2D eigenvalue weighted by atomic mass is 10.2. The summed E-state index contributed by atoms with van der Waals surface area (Å²) in [5, 5.41) is 5.97. The molecule has 1 aromatic carbocycles. The monoisotopic (exact) mass is 374 g/mol. The van der Waals surface area contributed by atoms with Crippen LogP contribution in [0.1, 0.15) is 5.56 Å². The average Bonchev–Trinajstić information content (AvgIpc) is 3.34. The van der Waals surface area contributed by atoms with Gasteiger partial charge in [-0.3, -0.25) is 4.79 Å². The molecule has 7 nitrogen and oxygen atoms in total. The molecule has 0 unspecified atom stereocenters. The summed E-state index contributed by atoms with van der Waals surface area (Å²) in [6.45, 7) is 0.909. The van der Waals surface area contributed by atoms with E-state index < -0.39 is 0 Å². The SMILES string of the molecule is O=C(CSc1nccn1Cc1ccc2c(c1)OCO2)Nc1nccs1. The van der Waals surface area contributed by atoms with Gasteiger partial charge in [0.15, 0.2) is 21.8 Å². The van der Waals surface area contributed by atoms with E-state index in [4.69, 9.17) is 9.47 Å². The predicted octanol–water partition coefficient (Wildman–Crippen LogP) is 2.85. The Morgan fingerprint density at radius 2 is 2.20 bits per heavy atom. The number of hydrogen-bond acceptors (Lipinski definition) is 7. The number of thiazole rings is 1. The molecule has 0 spiro atoms. The lowest BCUT2D eigenvalue weighted by Gasteiger charge is -2.08. The fourth-order valence-corrected chi connectivity index (χ4v) is 3.67. The van der Waals surface area contributed by atoms with Gasteiger partial charge in [-0.2, -0.15) is 0 Å². The molecule has 0 bridgehead atoms. The number of imidazole rings is 1. The fraction of sp³-hybridized carbons (Fsp3) is 0.188. The van der Waals surface area contributed by atoms with Crippen molar-refractivity contribution in [2.45, 2.75) is 11.7 Å². The second-order valence-electron chi connectivity index (χ2n) is 5.20. The van der Waals surface area contributed by atoms with Gasteiger partial charge < -0.3 is 19.4 Å². The minimum absolute atomic E-state index is 0.0995. The number of nitrogens with zero attached hydrogens (tertiary/aromatic N) is 3. The van der Waals surface area contributed by atoms with E-state index in [1.165, 1.54) is 23.1 Å². The lowest BCUT2D eigenvalue weighted by Crippen LogP contribution is -2.14. The average molecular weight is 374 g/mol. The highest BCUT2D eigenvalue weighted by Gasteiger charge is 2.14. The van der Waals surface area contributed by atoms with Crippen LogP contribution in [0.4, 0.5) is 5.13 Å². The van der Waals surface area contributed by atoms with Crippen molar-refractivity contribution in [1.29, 1.82) is 0 Å². The number of benzene rings is 1. The Morgan fingerprint density at radius 1 is 1.28 bits per heavy atom. The van der Waals surface area contributed by atoms with E-state index in [1.54, 1.807) is 12.4 Å². The number of anilines is 1. The lowest BCUT2D eigenvalue weighted by molar-refractivity contribution is -0.113. The van der Waals surface area contributed by atoms with Crippen LogP contribution >= 0.6 is 23.1 Å². The van der Waals surface area contributed by atoms with Crippen molar-refractivity contribution < 1.29 is 14.3 Å². The van der Waals surface area contributed by atoms with E-state index in [1.807, 2.05) is 34.3 Å². The number of rotatable bonds is 6. The van der Waals surface area contributed by atoms with E-state index >= 15 is 0 Å². The van der Waals surface area contributed by atoms with Gasteiger partial charge in [0.1, 0.15) is 0 Å². The second-order valence-corrected chi connectivity index (χ2v) is 7.04. The second kappa shape index (κ2) is 7.16. The van der Waals surface area contributed by atoms with E-state index in [2.05, 4.69) is 15.3 Å². The number of hydrogen-bond donors (Lipinski definition) is 1. The number of carbonyl (C=O) groups excluding carboxylic acids is 1. The molecular formula is C16H14N4O3S2. The van der Waals surface area contributed by atoms with E-state index in [0.29, 0.717) is 11.7 Å². The first kappa shape index (κ1) is 16.0. The first-order chi connectivity index (χ1) is 12.3. The summed E-state index contributed by atoms with van der Waals surface area (Å²) >= 11 is 2.78. The van der Waals surface area contributed by atoms with Gasteiger partial charge in [0.05, 0.1) is 5.75 Å². The van der Waals surface area contributed by atoms with E-state index in [0.717, 1.165) is 22.2 Å². The third-order valence-corrected chi connectivity index (χ3v) is 5.17. The molecule has 0 saturated heterocycles. The summed E-state index contributed by atoms with van der Waals surface area (Å²) in [6.07, 6.45) is 5.28. The van der Waals surface area contributed by atoms with Crippen molar-refractivity contribution in [3.8, 4) is 11.5 Å². The van der Waals surface area contributed by atoms with Crippen molar-refractivity contribution in [2.75, 3.05) is 17.9 Å². The molecule has 9 heteroatoms. The third-order valence-electron chi connectivity index (χ3n) is 3.48. The highest BCUT2D eigenvalue weighted by atomic mass is 32.2. The van der Waals surface area contributed by atoms with Crippen molar-refractivity contribution in [1.82, 2.24) is 14.5 Å². The first-order valence-corrected chi connectivity index (χ1v) is 9.36. The smallest absolute Gasteiger partial charge is 0.236 e. The van der Waals surface area contributed by atoms with Crippen molar-refractivity contribution >= 4 is 34.1 Å². The number of ether oxygens (including phenoxy) is 2. The van der Waals surface area contributed by atoms with Crippen molar-refractivity contribution in [2.24, 2.45) is 0 Å². The van der Waals surface area contributed by atoms with Crippen molar-refractivity contribution in [3.05, 3.63) is 47.7 Å². The summed E-state index contributed by atoms with van der Waals surface area (Å²) in [7, 11) is 0. The molecule has 0 fully saturated rings. The molecule has 3 aromatic rings. The van der Waals surface area contributed by atoms with Gasteiger partial charge in [0.2, 0.25) is 12.7 Å². The molecule has 1 N–H and O–H groups in total. The van der Waals surface area contributed by atoms with E-state index in [-0.39, 0.29) is 18.5 Å². The standard InChI is InChI=1S/C16H14N4O3S2/c21-14(19-15-17-4-6-24-15)9-25-16-18-3-5-20(16)8-11-1-2-12-13(7-11)23-10-22-12/h1-7H,8-10H2,(H,17,19,21). The molecule has 0 radical (unpaired) electrons. The molecule has 1 aliphatic heterocycles. The van der Waals surface area contributed by atoms with Gasteiger partial charge in [-0.1, -0.05) is 17.8 Å². The molecule has 3 heterocycles. The van der Waals surface area contributed by atoms with Crippen LogP contribution in [0.15, 0.2) is 47.3 Å². The maximum Gasteiger partial charge on any atom is 0.236 e. The van der Waals surface area contributed by atoms with Crippen LogP contribution in [0, 0.1) is 0 Å². The number of aromatic nitrogens is 3. The Kier molecular flexibility index (Phi) is 4.57. The number of carbonyl (C=O) groups is 1. The maximum atomic E-state index is 12.0. The van der Waals surface area contributed by atoms with Gasteiger partial charge in [0, 0.05) is 30.5 Å². The van der Waals surface area contributed by atoms with Crippen LogP contribution < -0.4 is 14.8 Å². The topological polar surface area (TPSA) is 78.3 Å². The maximum absolute atomic E-state index is 12.0. The van der Waals surface area contributed by atoms with Crippen LogP contribution in [-0.2, 0) is 11.3 Å². The highest BCUT2D eigenvalue weighted by molar-refractivity contribution is 7.99. The summed E-state index contributed by atoms with van der Waals surface area (Å²) < 4.78 is 12.7. The van der Waals surface area contributed by atoms with Crippen LogP contribution in [0.5, 0.6) is 11.5 Å². The Balaban J connectivity index is 1.38. The Labute approximate surface area is 152 Å². The minimum atomic E-state index is -0.0995. The summed E-state index contributed by atoms with van der Waals surface area (Å²) in [6, 6.07) is 5.87. The van der Waals surface area contributed by atoms with Crippen LogP contribution in [-0.4, -0.2) is 33.0 Å². The highest BCUT2D eigenvalue weighted by Crippen LogP contribution is 2.33. The summed E-state index contributed by atoms with van der Waals surface area (Å²) in [5.74, 6) is 1.70. The van der Waals surface area contributed by atoms with E-state index in [9.17, 15) is 4.79 Å². The van der Waals surface area contributed by atoms with Gasteiger partial charge in [-0.15, -0.1) is 11.3 Å². The van der Waals surface area contributed by atoms with Gasteiger partial charge in [0.25, 0.3) is 0 Å². The molecule has 4 rings (SSSR count).